The summed E-state index contributed by atoms with van der Waals surface area (Å²) in [6, 6.07) is 11.9. The standard InChI is InChI=1S/C21H27O4P/c1-6-20(26-21-10-7-14(2)11-17(21)15(3)22)18-12-16(24-5)8-9-19(18)25-13-23-4/h7-12,20,26H,6,13H2,1-5H3. The van der Waals surface area contributed by atoms with Crippen LogP contribution in [0.4, 0.5) is 0 Å². The minimum atomic E-state index is 0.104. The zero-order valence-corrected chi connectivity index (χ0v) is 17.1. The molecule has 0 aromatic heterocycles. The van der Waals surface area contributed by atoms with Gasteiger partial charge in [0.15, 0.2) is 12.6 Å². The Hall–Kier alpha value is -1.90. The van der Waals surface area contributed by atoms with Crippen molar-refractivity contribution in [2.75, 3.05) is 21.0 Å². The van der Waals surface area contributed by atoms with Crippen LogP contribution in [0.5, 0.6) is 11.5 Å². The molecule has 0 saturated carbocycles. The molecule has 0 spiro atoms. The maximum Gasteiger partial charge on any atom is 0.188 e. The smallest absolute Gasteiger partial charge is 0.188 e. The average molecular weight is 374 g/mol. The Labute approximate surface area is 157 Å². The minimum Gasteiger partial charge on any atom is -0.497 e. The third-order valence-electron chi connectivity index (χ3n) is 4.22. The van der Waals surface area contributed by atoms with Crippen LogP contribution in [0.15, 0.2) is 36.4 Å². The lowest BCUT2D eigenvalue weighted by molar-refractivity contribution is 0.0503. The molecule has 140 valence electrons. The highest BCUT2D eigenvalue weighted by Crippen LogP contribution is 2.43. The third kappa shape index (κ3) is 5.06. The van der Waals surface area contributed by atoms with Crippen LogP contribution in [0.2, 0.25) is 0 Å². The summed E-state index contributed by atoms with van der Waals surface area (Å²) >= 11 is 0. The van der Waals surface area contributed by atoms with Gasteiger partial charge >= 0.3 is 0 Å². The maximum absolute atomic E-state index is 12.1. The van der Waals surface area contributed by atoms with Crippen molar-refractivity contribution in [2.45, 2.75) is 32.9 Å². The van der Waals surface area contributed by atoms with Crippen molar-refractivity contribution < 1.29 is 19.0 Å². The van der Waals surface area contributed by atoms with Gasteiger partial charge in [-0.1, -0.05) is 33.2 Å². The van der Waals surface area contributed by atoms with Crippen LogP contribution >= 0.6 is 8.58 Å². The molecule has 2 unspecified atom stereocenters. The van der Waals surface area contributed by atoms with E-state index in [1.54, 1.807) is 21.1 Å². The Morgan fingerprint density at radius 2 is 1.92 bits per heavy atom. The van der Waals surface area contributed by atoms with Gasteiger partial charge in [-0.2, -0.15) is 0 Å². The molecular formula is C21H27O4P. The van der Waals surface area contributed by atoms with Crippen molar-refractivity contribution in [3.63, 3.8) is 0 Å². The number of benzene rings is 2. The van der Waals surface area contributed by atoms with Crippen molar-refractivity contribution >= 4 is 19.7 Å². The lowest BCUT2D eigenvalue weighted by Crippen LogP contribution is -2.12. The van der Waals surface area contributed by atoms with E-state index in [0.29, 0.717) is 8.58 Å². The summed E-state index contributed by atoms with van der Waals surface area (Å²) in [5.74, 6) is 1.69. The number of Topliss-reactive ketones (excluding diaryl/α,β-unsaturated/α-hetero) is 1. The van der Waals surface area contributed by atoms with E-state index < -0.39 is 0 Å². The summed E-state index contributed by atoms with van der Waals surface area (Å²) in [6.45, 7) is 5.98. The van der Waals surface area contributed by atoms with Gasteiger partial charge in [0.2, 0.25) is 0 Å². The number of hydrogen-bond acceptors (Lipinski definition) is 4. The topological polar surface area (TPSA) is 44.8 Å². The van der Waals surface area contributed by atoms with Gasteiger partial charge in [0.05, 0.1) is 7.11 Å². The Kier molecular flexibility index (Phi) is 7.62. The predicted octanol–water partition coefficient (Wildman–Crippen LogP) is 4.64. The van der Waals surface area contributed by atoms with Crippen LogP contribution in [-0.4, -0.2) is 26.8 Å². The monoisotopic (exact) mass is 374 g/mol. The highest BCUT2D eigenvalue weighted by molar-refractivity contribution is 7.47. The first-order valence-electron chi connectivity index (χ1n) is 8.67. The summed E-state index contributed by atoms with van der Waals surface area (Å²) in [6.07, 6.45) is 0.931. The summed E-state index contributed by atoms with van der Waals surface area (Å²) in [5.41, 5.74) is 3.22. The van der Waals surface area contributed by atoms with Crippen LogP contribution in [0.25, 0.3) is 0 Å². The van der Waals surface area contributed by atoms with Crippen LogP contribution < -0.4 is 14.8 Å². The quantitative estimate of drug-likeness (QED) is 0.364. The van der Waals surface area contributed by atoms with Gasteiger partial charge < -0.3 is 14.2 Å². The van der Waals surface area contributed by atoms with Crippen LogP contribution in [0.3, 0.4) is 0 Å². The fraction of sp³-hybridized carbons (Fsp3) is 0.381. The van der Waals surface area contributed by atoms with E-state index in [4.69, 9.17) is 14.2 Å². The van der Waals surface area contributed by atoms with Crippen molar-refractivity contribution in [1.29, 1.82) is 0 Å². The summed E-state index contributed by atoms with van der Waals surface area (Å²) < 4.78 is 16.2. The molecule has 26 heavy (non-hydrogen) atoms. The fourth-order valence-electron chi connectivity index (χ4n) is 2.84. The van der Waals surface area contributed by atoms with Crippen molar-refractivity contribution in [3.8, 4) is 11.5 Å². The molecule has 0 aliphatic carbocycles. The van der Waals surface area contributed by atoms with Gasteiger partial charge in [0.1, 0.15) is 11.5 Å². The zero-order chi connectivity index (χ0) is 19.1. The van der Waals surface area contributed by atoms with E-state index in [0.717, 1.165) is 39.9 Å². The van der Waals surface area contributed by atoms with E-state index in [9.17, 15) is 4.79 Å². The number of ketones is 1. The Bertz CT molecular complexity index is 758. The van der Waals surface area contributed by atoms with E-state index in [2.05, 4.69) is 19.1 Å². The van der Waals surface area contributed by atoms with E-state index in [1.165, 1.54) is 0 Å². The fourth-order valence-corrected chi connectivity index (χ4v) is 4.39. The number of carbonyl (C=O) groups is 1. The third-order valence-corrected chi connectivity index (χ3v) is 6.03. The molecule has 0 N–H and O–H groups in total. The number of methoxy groups -OCH3 is 2. The van der Waals surface area contributed by atoms with Gasteiger partial charge in [-0.25, -0.2) is 0 Å². The number of aryl methyl sites for hydroxylation is 1. The molecule has 2 aromatic rings. The lowest BCUT2D eigenvalue weighted by atomic mass is 10.1. The number of carbonyl (C=O) groups excluding carboxylic acids is 1. The van der Waals surface area contributed by atoms with Gasteiger partial charge in [-0.15, -0.1) is 0 Å². The molecule has 2 rings (SSSR count). The molecule has 2 atom stereocenters. The molecule has 4 nitrogen and oxygen atoms in total. The molecule has 5 heteroatoms. The molecule has 0 bridgehead atoms. The normalized spacial score (nSPS) is 12.3. The Morgan fingerprint density at radius 1 is 1.15 bits per heavy atom. The molecule has 0 amide bonds. The van der Waals surface area contributed by atoms with Crippen molar-refractivity contribution in [3.05, 3.63) is 53.1 Å². The van der Waals surface area contributed by atoms with E-state index in [1.807, 2.05) is 31.2 Å². The predicted molar refractivity (Wildman–Crippen MR) is 108 cm³/mol. The minimum absolute atomic E-state index is 0.104. The van der Waals surface area contributed by atoms with Gasteiger partial charge in [0, 0.05) is 23.9 Å². The van der Waals surface area contributed by atoms with Crippen LogP contribution in [0.1, 0.15) is 47.4 Å². The second-order valence-corrected chi connectivity index (χ2v) is 7.69. The van der Waals surface area contributed by atoms with E-state index in [-0.39, 0.29) is 18.2 Å². The Balaban J connectivity index is 2.41. The molecule has 0 aliphatic rings. The molecule has 0 radical (unpaired) electrons. The maximum atomic E-state index is 12.1. The number of rotatable bonds is 9. The first-order chi connectivity index (χ1) is 12.5. The highest BCUT2D eigenvalue weighted by Gasteiger charge is 2.19. The number of ether oxygens (including phenoxy) is 3. The van der Waals surface area contributed by atoms with E-state index >= 15 is 0 Å². The van der Waals surface area contributed by atoms with Gasteiger partial charge in [0.25, 0.3) is 0 Å². The highest BCUT2D eigenvalue weighted by atomic mass is 31.1. The van der Waals surface area contributed by atoms with Crippen LogP contribution in [0, 0.1) is 6.92 Å². The first-order valence-corrected chi connectivity index (χ1v) is 9.75. The molecule has 0 aliphatic heterocycles. The molecule has 0 saturated heterocycles. The summed E-state index contributed by atoms with van der Waals surface area (Å²) in [5, 5.41) is 1.09. The van der Waals surface area contributed by atoms with Gasteiger partial charge in [-0.05, 0) is 49.8 Å². The Morgan fingerprint density at radius 3 is 2.54 bits per heavy atom. The summed E-state index contributed by atoms with van der Waals surface area (Å²) in [4.78, 5) is 12.1. The lowest BCUT2D eigenvalue weighted by Gasteiger charge is -2.21. The second-order valence-electron chi connectivity index (χ2n) is 6.17. The average Bonchev–Trinajstić information content (AvgIpc) is 2.65. The van der Waals surface area contributed by atoms with Crippen molar-refractivity contribution in [2.24, 2.45) is 0 Å². The SMILES string of the molecule is CCC(Pc1ccc(C)cc1C(C)=O)c1cc(OC)ccc1OCOC. The van der Waals surface area contributed by atoms with Crippen molar-refractivity contribution in [1.82, 2.24) is 0 Å². The molecular weight excluding hydrogens is 347 g/mol. The second kappa shape index (κ2) is 9.70. The zero-order valence-electron chi connectivity index (χ0n) is 16.1. The molecule has 2 aromatic carbocycles. The first kappa shape index (κ1) is 20.4. The summed E-state index contributed by atoms with van der Waals surface area (Å²) in [7, 11) is 3.73. The number of hydrogen-bond donors (Lipinski definition) is 0. The largest absolute Gasteiger partial charge is 0.497 e. The molecule has 0 fully saturated rings. The van der Waals surface area contributed by atoms with Gasteiger partial charge in [-0.3, -0.25) is 4.79 Å². The van der Waals surface area contributed by atoms with Crippen LogP contribution in [-0.2, 0) is 4.74 Å². The molecule has 0 heterocycles.